The molecule has 0 radical (unpaired) electrons. The van der Waals surface area contributed by atoms with Crippen molar-refractivity contribution in [3.63, 3.8) is 0 Å². The van der Waals surface area contributed by atoms with Crippen LogP contribution in [-0.4, -0.2) is 43.6 Å². The number of hydrogen-bond acceptors (Lipinski definition) is 7. The van der Waals surface area contributed by atoms with Gasteiger partial charge < -0.3 is 23.9 Å². The topological polar surface area (TPSA) is 99.2 Å². The molecular weight excluding hydrogens is 376 g/mol. The van der Waals surface area contributed by atoms with Crippen LogP contribution in [0.3, 0.4) is 0 Å². The first-order valence-electron chi connectivity index (χ1n) is 9.00. The molecule has 0 amide bonds. The average Bonchev–Trinajstić information content (AvgIpc) is 3.20. The molecule has 1 aliphatic rings. The molecule has 1 aromatic heterocycles. The molecule has 2 aromatic rings. The van der Waals surface area contributed by atoms with Crippen molar-refractivity contribution in [1.29, 1.82) is 0 Å². The molecule has 0 saturated carbocycles. The Morgan fingerprint density at radius 2 is 1.83 bits per heavy atom. The first kappa shape index (κ1) is 20.2. The van der Waals surface area contributed by atoms with Crippen LogP contribution in [0.2, 0.25) is 0 Å². The number of aromatic nitrogens is 1. The van der Waals surface area contributed by atoms with Gasteiger partial charge in [0.15, 0.2) is 5.70 Å². The first-order chi connectivity index (χ1) is 13.9. The summed E-state index contributed by atoms with van der Waals surface area (Å²) in [6.45, 7) is 5.57. The molecule has 1 N–H and O–H groups in total. The maximum Gasteiger partial charge on any atom is 0.363 e. The lowest BCUT2D eigenvalue weighted by molar-refractivity contribution is -0.129. The summed E-state index contributed by atoms with van der Waals surface area (Å²) >= 11 is 0. The Kier molecular flexibility index (Phi) is 5.72. The third kappa shape index (κ3) is 4.01. The fourth-order valence-corrected chi connectivity index (χ4v) is 3.03. The summed E-state index contributed by atoms with van der Waals surface area (Å²) in [5, 5.41) is 0. The number of benzene rings is 1. The van der Waals surface area contributed by atoms with Crippen LogP contribution < -0.4 is 9.47 Å². The van der Waals surface area contributed by atoms with Crippen molar-refractivity contribution in [3.05, 3.63) is 52.0 Å². The molecule has 0 spiro atoms. The largest absolute Gasteiger partial charge is 0.497 e. The highest BCUT2D eigenvalue weighted by Gasteiger charge is 2.26. The minimum atomic E-state index is -0.592. The van der Waals surface area contributed by atoms with E-state index >= 15 is 0 Å². The molecule has 29 heavy (non-hydrogen) atoms. The number of methoxy groups -OCH3 is 2. The van der Waals surface area contributed by atoms with Gasteiger partial charge in [0.25, 0.3) is 0 Å². The van der Waals surface area contributed by atoms with Crippen LogP contribution >= 0.6 is 0 Å². The Morgan fingerprint density at radius 3 is 2.41 bits per heavy atom. The minimum absolute atomic E-state index is 0.113. The Hall–Kier alpha value is -3.55. The van der Waals surface area contributed by atoms with E-state index in [-0.39, 0.29) is 18.2 Å². The van der Waals surface area contributed by atoms with Gasteiger partial charge >= 0.3 is 11.9 Å². The van der Waals surface area contributed by atoms with Crippen molar-refractivity contribution < 1.29 is 28.5 Å². The van der Waals surface area contributed by atoms with Crippen LogP contribution in [0.15, 0.2) is 28.9 Å². The van der Waals surface area contributed by atoms with Gasteiger partial charge in [-0.05, 0) is 44.5 Å². The third-order valence-electron chi connectivity index (χ3n) is 4.46. The van der Waals surface area contributed by atoms with Crippen LogP contribution in [0.1, 0.15) is 39.8 Å². The van der Waals surface area contributed by atoms with Gasteiger partial charge in [-0.2, -0.15) is 0 Å². The molecule has 0 atom stereocenters. The third-order valence-corrected chi connectivity index (χ3v) is 4.46. The van der Waals surface area contributed by atoms with Crippen molar-refractivity contribution >= 4 is 23.9 Å². The van der Waals surface area contributed by atoms with Crippen LogP contribution in [0, 0.1) is 13.8 Å². The van der Waals surface area contributed by atoms with Gasteiger partial charge in [-0.1, -0.05) is 0 Å². The number of carbonyl (C=O) groups is 2. The van der Waals surface area contributed by atoms with Gasteiger partial charge in [0.1, 0.15) is 11.5 Å². The highest BCUT2D eigenvalue weighted by molar-refractivity contribution is 6.13. The summed E-state index contributed by atoms with van der Waals surface area (Å²) in [5.41, 5.74) is 3.03. The molecule has 152 valence electrons. The molecule has 8 nitrogen and oxygen atoms in total. The Balaban J connectivity index is 1.98. The quantitative estimate of drug-likeness (QED) is 0.593. The Bertz CT molecular complexity index is 1010. The number of cyclic esters (lactones) is 1. The summed E-state index contributed by atoms with van der Waals surface area (Å²) < 4.78 is 20.9. The molecule has 3 rings (SSSR count). The van der Waals surface area contributed by atoms with Crippen LogP contribution in [-0.2, 0) is 14.3 Å². The van der Waals surface area contributed by atoms with Gasteiger partial charge in [-0.15, -0.1) is 0 Å². The lowest BCUT2D eigenvalue weighted by Gasteiger charge is -2.07. The zero-order valence-corrected chi connectivity index (χ0v) is 16.9. The van der Waals surface area contributed by atoms with E-state index in [2.05, 4.69) is 9.98 Å². The summed E-state index contributed by atoms with van der Waals surface area (Å²) in [6.07, 6.45) is 1.55. The van der Waals surface area contributed by atoms with E-state index in [1.165, 1.54) is 14.2 Å². The van der Waals surface area contributed by atoms with Crippen molar-refractivity contribution in [2.24, 2.45) is 4.99 Å². The molecule has 0 saturated heterocycles. The SMILES string of the molecule is CCOC(=O)c1c(C)[nH]c(/C=C2\N=C(c3cc(OC)cc(OC)c3)OC2=O)c1C. The van der Waals surface area contributed by atoms with E-state index in [9.17, 15) is 9.59 Å². The van der Waals surface area contributed by atoms with E-state index in [1.54, 1.807) is 45.0 Å². The van der Waals surface area contributed by atoms with Gasteiger partial charge in [-0.3, -0.25) is 0 Å². The van der Waals surface area contributed by atoms with E-state index in [1.807, 2.05) is 0 Å². The maximum atomic E-state index is 12.3. The first-order valence-corrected chi connectivity index (χ1v) is 9.00. The summed E-state index contributed by atoms with van der Waals surface area (Å²) in [6, 6.07) is 5.10. The molecule has 0 bridgehead atoms. The second-order valence-electron chi connectivity index (χ2n) is 6.32. The van der Waals surface area contributed by atoms with E-state index in [0.717, 1.165) is 0 Å². The van der Waals surface area contributed by atoms with E-state index < -0.39 is 11.9 Å². The maximum absolute atomic E-state index is 12.3. The van der Waals surface area contributed by atoms with Crippen molar-refractivity contribution in [2.45, 2.75) is 20.8 Å². The lowest BCUT2D eigenvalue weighted by atomic mass is 10.1. The highest BCUT2D eigenvalue weighted by atomic mass is 16.6. The van der Waals surface area contributed by atoms with E-state index in [4.69, 9.17) is 18.9 Å². The number of esters is 2. The number of carbonyl (C=O) groups excluding carboxylic acids is 2. The van der Waals surface area contributed by atoms with Gasteiger partial charge in [0.05, 0.1) is 26.4 Å². The number of nitrogens with one attached hydrogen (secondary N) is 1. The molecule has 1 aromatic carbocycles. The van der Waals surface area contributed by atoms with Crippen molar-refractivity contribution in [3.8, 4) is 11.5 Å². The number of nitrogens with zero attached hydrogens (tertiary/aromatic N) is 1. The fourth-order valence-electron chi connectivity index (χ4n) is 3.03. The number of rotatable bonds is 6. The molecule has 2 heterocycles. The number of ether oxygens (including phenoxy) is 4. The van der Waals surface area contributed by atoms with Crippen LogP contribution in [0.4, 0.5) is 0 Å². The monoisotopic (exact) mass is 398 g/mol. The second-order valence-corrected chi connectivity index (χ2v) is 6.32. The summed E-state index contributed by atoms with van der Waals surface area (Å²) in [5.74, 6) is 0.233. The lowest BCUT2D eigenvalue weighted by Crippen LogP contribution is -2.06. The van der Waals surface area contributed by atoms with Gasteiger partial charge in [0.2, 0.25) is 5.90 Å². The number of aryl methyl sites for hydroxylation is 1. The fraction of sp³-hybridized carbons (Fsp3) is 0.286. The number of aliphatic imine (C=N–C) groups is 1. The van der Waals surface area contributed by atoms with E-state index in [0.29, 0.717) is 39.6 Å². The minimum Gasteiger partial charge on any atom is -0.497 e. The zero-order valence-electron chi connectivity index (χ0n) is 16.9. The number of H-pyrrole nitrogens is 1. The zero-order chi connectivity index (χ0) is 21.1. The molecule has 0 unspecified atom stereocenters. The predicted molar refractivity (Wildman–Crippen MR) is 106 cm³/mol. The standard InChI is InChI=1S/C21H22N2O6/c1-6-28-21(25)18-11(2)16(22-12(18)3)10-17-20(24)29-19(23-17)13-7-14(26-4)9-15(8-13)27-5/h7-10,22H,6H2,1-5H3/b17-10-. The van der Waals surface area contributed by atoms with Crippen LogP contribution in [0.5, 0.6) is 11.5 Å². The molecule has 1 aliphatic heterocycles. The smallest absolute Gasteiger partial charge is 0.363 e. The summed E-state index contributed by atoms with van der Waals surface area (Å²) in [7, 11) is 3.06. The second kappa shape index (κ2) is 8.22. The molecule has 0 fully saturated rings. The highest BCUT2D eigenvalue weighted by Crippen LogP contribution is 2.27. The average molecular weight is 398 g/mol. The van der Waals surface area contributed by atoms with Gasteiger partial charge in [0, 0.05) is 23.0 Å². The molecule has 0 aliphatic carbocycles. The normalized spacial score (nSPS) is 14.6. The Morgan fingerprint density at radius 1 is 1.17 bits per heavy atom. The Labute approximate surface area is 168 Å². The van der Waals surface area contributed by atoms with Gasteiger partial charge in [-0.25, -0.2) is 14.6 Å². The molecular formula is C21H22N2O6. The summed E-state index contributed by atoms with van der Waals surface area (Å²) in [4.78, 5) is 31.9. The number of aromatic amines is 1. The number of hydrogen-bond donors (Lipinski definition) is 1. The molecule has 8 heteroatoms. The van der Waals surface area contributed by atoms with Crippen molar-refractivity contribution in [2.75, 3.05) is 20.8 Å². The predicted octanol–water partition coefficient (Wildman–Crippen LogP) is 3.17. The van der Waals surface area contributed by atoms with Crippen LogP contribution in [0.25, 0.3) is 6.08 Å². The van der Waals surface area contributed by atoms with Crippen molar-refractivity contribution in [1.82, 2.24) is 4.98 Å².